The summed E-state index contributed by atoms with van der Waals surface area (Å²) in [5.41, 5.74) is 1.58. The van der Waals surface area contributed by atoms with E-state index in [2.05, 4.69) is 15.1 Å². The SMILES string of the molecule is Cn1ccc2c(OC3CC4(C3)CN(CCCc3cc5nncn5cc3F)C4)ccc(Cl)c2c1=O. The number of fused-ring (bicyclic) bond motifs is 2. The highest BCUT2D eigenvalue weighted by molar-refractivity contribution is 6.35. The summed E-state index contributed by atoms with van der Waals surface area (Å²) in [5, 5.41) is 9.53. The summed E-state index contributed by atoms with van der Waals surface area (Å²) < 4.78 is 23.7. The van der Waals surface area contributed by atoms with Crippen LogP contribution in [0.2, 0.25) is 5.02 Å². The Morgan fingerprint density at radius 1 is 1.26 bits per heavy atom. The average molecular weight is 482 g/mol. The summed E-state index contributed by atoms with van der Waals surface area (Å²) in [5.74, 6) is 0.513. The Kier molecular flexibility index (Phi) is 5.11. The third kappa shape index (κ3) is 3.65. The molecule has 1 saturated carbocycles. The van der Waals surface area contributed by atoms with Crippen LogP contribution in [0, 0.1) is 11.2 Å². The zero-order valence-corrected chi connectivity index (χ0v) is 19.6. The maximum atomic E-state index is 14.3. The van der Waals surface area contributed by atoms with Crippen molar-refractivity contribution in [2.75, 3.05) is 19.6 Å². The van der Waals surface area contributed by atoms with E-state index in [-0.39, 0.29) is 17.5 Å². The Hall–Kier alpha value is -2.97. The molecular formula is C25H25ClFN5O2. The molecule has 34 heavy (non-hydrogen) atoms. The van der Waals surface area contributed by atoms with Gasteiger partial charge in [-0.1, -0.05) is 11.6 Å². The maximum absolute atomic E-state index is 14.3. The first-order chi connectivity index (χ1) is 16.4. The van der Waals surface area contributed by atoms with Gasteiger partial charge >= 0.3 is 0 Å². The van der Waals surface area contributed by atoms with E-state index in [0.29, 0.717) is 33.5 Å². The van der Waals surface area contributed by atoms with Crippen molar-refractivity contribution in [3.8, 4) is 5.75 Å². The largest absolute Gasteiger partial charge is 0.490 e. The third-order valence-corrected chi connectivity index (χ3v) is 7.59. The summed E-state index contributed by atoms with van der Waals surface area (Å²) in [6.45, 7) is 3.07. The topological polar surface area (TPSA) is 64.7 Å². The van der Waals surface area contributed by atoms with Gasteiger partial charge in [0.1, 0.15) is 17.9 Å². The van der Waals surface area contributed by atoms with Crippen LogP contribution >= 0.6 is 11.6 Å². The molecule has 0 atom stereocenters. The number of rotatable bonds is 6. The van der Waals surface area contributed by atoms with Crippen molar-refractivity contribution >= 4 is 28.0 Å². The fourth-order valence-corrected chi connectivity index (χ4v) is 5.79. The summed E-state index contributed by atoms with van der Waals surface area (Å²) in [6.07, 6.45) is 8.46. The summed E-state index contributed by atoms with van der Waals surface area (Å²) >= 11 is 6.29. The number of nitrogens with zero attached hydrogens (tertiary/aromatic N) is 5. The van der Waals surface area contributed by atoms with E-state index in [9.17, 15) is 9.18 Å². The van der Waals surface area contributed by atoms with E-state index < -0.39 is 0 Å². The number of halogens is 2. The molecule has 9 heteroatoms. The molecule has 0 radical (unpaired) electrons. The van der Waals surface area contributed by atoms with Crippen LogP contribution in [-0.4, -0.2) is 49.8 Å². The van der Waals surface area contributed by atoms with Crippen LogP contribution in [-0.2, 0) is 13.5 Å². The van der Waals surface area contributed by atoms with Gasteiger partial charge in [0.05, 0.1) is 16.5 Å². The molecule has 4 aromatic rings. The fraction of sp³-hybridized carbons (Fsp3) is 0.400. The number of benzene rings is 1. The minimum absolute atomic E-state index is 0.117. The minimum Gasteiger partial charge on any atom is -0.490 e. The molecule has 0 N–H and O–H groups in total. The molecule has 1 aliphatic heterocycles. The minimum atomic E-state index is -0.209. The molecule has 1 spiro atoms. The first kappa shape index (κ1) is 21.6. The molecule has 0 bridgehead atoms. The predicted octanol–water partition coefficient (Wildman–Crippen LogP) is 3.85. The molecule has 1 aromatic carbocycles. The summed E-state index contributed by atoms with van der Waals surface area (Å²) in [7, 11) is 1.72. The molecule has 1 saturated heterocycles. The molecule has 1 aliphatic carbocycles. The van der Waals surface area contributed by atoms with Gasteiger partial charge in [-0.15, -0.1) is 10.2 Å². The second-order valence-electron chi connectivity index (χ2n) is 9.77. The van der Waals surface area contributed by atoms with Gasteiger partial charge in [0.15, 0.2) is 5.65 Å². The zero-order chi connectivity index (χ0) is 23.4. The Morgan fingerprint density at radius 3 is 2.91 bits per heavy atom. The highest BCUT2D eigenvalue weighted by Crippen LogP contribution is 2.50. The van der Waals surface area contributed by atoms with E-state index in [0.717, 1.165) is 50.0 Å². The zero-order valence-electron chi connectivity index (χ0n) is 18.9. The fourth-order valence-electron chi connectivity index (χ4n) is 5.55. The molecule has 176 valence electrons. The Morgan fingerprint density at radius 2 is 2.09 bits per heavy atom. The quantitative estimate of drug-likeness (QED) is 0.418. The van der Waals surface area contributed by atoms with Gasteiger partial charge in [0.2, 0.25) is 0 Å². The lowest BCUT2D eigenvalue weighted by Gasteiger charge is -2.58. The van der Waals surface area contributed by atoms with Crippen LogP contribution in [0.4, 0.5) is 4.39 Å². The van der Waals surface area contributed by atoms with Crippen molar-refractivity contribution in [1.82, 2.24) is 24.1 Å². The molecule has 6 rings (SSSR count). The number of ether oxygens (including phenoxy) is 1. The second-order valence-corrected chi connectivity index (χ2v) is 10.2. The molecule has 2 aliphatic rings. The lowest BCUT2D eigenvalue weighted by atomic mass is 9.61. The standard InChI is InChI=1S/C25H25ClFN5O2/c1-30-8-6-18-21(5-4-19(26)23(18)24(30)33)34-17-10-25(11-17)13-31(14-25)7-2-3-16-9-22-29-28-15-32(22)12-20(16)27/h4-6,8-9,12,15,17H,2-3,7,10-11,13-14H2,1H3. The van der Waals surface area contributed by atoms with Crippen molar-refractivity contribution < 1.29 is 9.13 Å². The second kappa shape index (κ2) is 8.06. The molecule has 7 nitrogen and oxygen atoms in total. The van der Waals surface area contributed by atoms with E-state index in [1.54, 1.807) is 29.8 Å². The van der Waals surface area contributed by atoms with Gasteiger partial charge in [0, 0.05) is 43.3 Å². The van der Waals surface area contributed by atoms with E-state index >= 15 is 0 Å². The predicted molar refractivity (Wildman–Crippen MR) is 128 cm³/mol. The molecule has 3 aromatic heterocycles. The van der Waals surface area contributed by atoms with Gasteiger partial charge in [-0.3, -0.25) is 9.20 Å². The highest BCUT2D eigenvalue weighted by atomic mass is 35.5. The number of hydrogen-bond acceptors (Lipinski definition) is 5. The molecule has 0 amide bonds. The van der Waals surface area contributed by atoms with Crippen LogP contribution in [0.5, 0.6) is 5.75 Å². The van der Waals surface area contributed by atoms with Crippen molar-refractivity contribution in [3.05, 3.63) is 69.7 Å². The molecule has 0 unspecified atom stereocenters. The van der Waals surface area contributed by atoms with Crippen LogP contribution in [0.15, 0.2) is 47.8 Å². The number of likely N-dealkylation sites (tertiary alicyclic amines) is 1. The molecular weight excluding hydrogens is 457 g/mol. The summed E-state index contributed by atoms with van der Waals surface area (Å²) in [6, 6.07) is 7.27. The van der Waals surface area contributed by atoms with Crippen molar-refractivity contribution in [1.29, 1.82) is 0 Å². The van der Waals surface area contributed by atoms with Crippen LogP contribution in [0.25, 0.3) is 16.4 Å². The first-order valence-corrected chi connectivity index (χ1v) is 11.9. The number of aryl methyl sites for hydroxylation is 2. The van der Waals surface area contributed by atoms with Crippen molar-refractivity contribution in [3.63, 3.8) is 0 Å². The lowest BCUT2D eigenvalue weighted by molar-refractivity contribution is -0.118. The Labute approximate surface area is 200 Å². The van der Waals surface area contributed by atoms with Gasteiger partial charge in [-0.2, -0.15) is 0 Å². The van der Waals surface area contributed by atoms with Crippen molar-refractivity contribution in [2.24, 2.45) is 12.5 Å². The van der Waals surface area contributed by atoms with Gasteiger partial charge in [-0.25, -0.2) is 4.39 Å². The molecule has 4 heterocycles. The number of hydrogen-bond donors (Lipinski definition) is 0. The van der Waals surface area contributed by atoms with Gasteiger partial charge in [0.25, 0.3) is 5.56 Å². The average Bonchev–Trinajstić information content (AvgIpc) is 3.21. The maximum Gasteiger partial charge on any atom is 0.259 e. The Balaban J connectivity index is 1.01. The smallest absolute Gasteiger partial charge is 0.259 e. The monoisotopic (exact) mass is 481 g/mol. The highest BCUT2D eigenvalue weighted by Gasteiger charge is 2.53. The normalized spacial score (nSPS) is 17.9. The lowest BCUT2D eigenvalue weighted by Crippen LogP contribution is -2.64. The van der Waals surface area contributed by atoms with Crippen LogP contribution in [0.3, 0.4) is 0 Å². The van der Waals surface area contributed by atoms with E-state index in [1.807, 2.05) is 12.1 Å². The third-order valence-electron chi connectivity index (χ3n) is 7.27. The van der Waals surface area contributed by atoms with Crippen LogP contribution in [0.1, 0.15) is 24.8 Å². The Bertz CT molecular complexity index is 1450. The van der Waals surface area contributed by atoms with Gasteiger partial charge < -0.3 is 14.2 Å². The number of aromatic nitrogens is 4. The van der Waals surface area contributed by atoms with E-state index in [1.165, 1.54) is 17.1 Å². The number of pyridine rings is 2. The molecule has 2 fully saturated rings. The first-order valence-electron chi connectivity index (χ1n) is 11.6. The van der Waals surface area contributed by atoms with Crippen molar-refractivity contribution in [2.45, 2.75) is 31.8 Å². The van der Waals surface area contributed by atoms with Gasteiger partial charge in [-0.05, 0) is 62.1 Å². The summed E-state index contributed by atoms with van der Waals surface area (Å²) in [4.78, 5) is 14.9. The van der Waals surface area contributed by atoms with E-state index in [4.69, 9.17) is 16.3 Å². The van der Waals surface area contributed by atoms with Crippen LogP contribution < -0.4 is 10.3 Å².